The highest BCUT2D eigenvalue weighted by Crippen LogP contribution is 2.12. The van der Waals surface area contributed by atoms with E-state index >= 15 is 0 Å². The number of anilines is 1. The maximum absolute atomic E-state index is 12.2. The number of carbonyl (C=O) groups excluding carboxylic acids is 3. The molecular formula is C22H18BrN3O3. The molecule has 146 valence electrons. The first-order valence-electron chi connectivity index (χ1n) is 8.81. The third kappa shape index (κ3) is 6.02. The number of carbonyl (C=O) groups is 3. The van der Waals surface area contributed by atoms with E-state index in [1.54, 1.807) is 48.5 Å². The van der Waals surface area contributed by atoms with E-state index in [0.717, 1.165) is 10.0 Å². The Bertz CT molecular complexity index is 1000. The van der Waals surface area contributed by atoms with Crippen LogP contribution in [0, 0.1) is 0 Å². The van der Waals surface area contributed by atoms with Gasteiger partial charge in [0.15, 0.2) is 0 Å². The van der Waals surface area contributed by atoms with Gasteiger partial charge in [-0.05, 0) is 54.1 Å². The molecule has 3 amide bonds. The second-order valence-corrected chi connectivity index (χ2v) is 7.12. The third-order valence-electron chi connectivity index (χ3n) is 4.03. The Labute approximate surface area is 176 Å². The maximum Gasteiger partial charge on any atom is 0.269 e. The summed E-state index contributed by atoms with van der Waals surface area (Å²) < 4.78 is 0.856. The summed E-state index contributed by atoms with van der Waals surface area (Å²) in [5.74, 6) is -1.02. The highest BCUT2D eigenvalue weighted by molar-refractivity contribution is 9.10. The van der Waals surface area contributed by atoms with Crippen LogP contribution in [0.15, 0.2) is 83.3 Å². The lowest BCUT2D eigenvalue weighted by atomic mass is 10.1. The van der Waals surface area contributed by atoms with Crippen molar-refractivity contribution in [2.75, 3.05) is 5.32 Å². The molecule has 0 saturated heterocycles. The van der Waals surface area contributed by atoms with Crippen LogP contribution in [-0.4, -0.2) is 17.7 Å². The summed E-state index contributed by atoms with van der Waals surface area (Å²) in [6, 6.07) is 22.6. The van der Waals surface area contributed by atoms with Crippen LogP contribution in [0.1, 0.15) is 26.3 Å². The number of amides is 3. The van der Waals surface area contributed by atoms with Crippen LogP contribution in [-0.2, 0) is 11.2 Å². The quantitative estimate of drug-likeness (QED) is 0.516. The number of hydrazine groups is 1. The first-order valence-corrected chi connectivity index (χ1v) is 9.60. The van der Waals surface area contributed by atoms with Crippen molar-refractivity contribution in [2.24, 2.45) is 0 Å². The zero-order valence-electron chi connectivity index (χ0n) is 15.3. The summed E-state index contributed by atoms with van der Waals surface area (Å²) in [5, 5.41) is 2.79. The first kappa shape index (κ1) is 20.3. The fourth-order valence-electron chi connectivity index (χ4n) is 2.55. The van der Waals surface area contributed by atoms with E-state index in [9.17, 15) is 14.4 Å². The molecule has 3 rings (SSSR count). The van der Waals surface area contributed by atoms with Crippen molar-refractivity contribution >= 4 is 39.3 Å². The normalized spacial score (nSPS) is 10.1. The molecule has 0 atom stereocenters. The Kier molecular flexibility index (Phi) is 6.76. The Morgan fingerprint density at radius 3 is 1.76 bits per heavy atom. The van der Waals surface area contributed by atoms with E-state index in [0.29, 0.717) is 16.8 Å². The number of halogens is 1. The van der Waals surface area contributed by atoms with Gasteiger partial charge in [-0.25, -0.2) is 0 Å². The van der Waals surface area contributed by atoms with Crippen molar-refractivity contribution in [1.82, 2.24) is 10.9 Å². The molecule has 0 aliphatic heterocycles. The number of nitrogens with one attached hydrogen (secondary N) is 3. The fraction of sp³-hybridized carbons (Fsp3) is 0.0455. The molecule has 29 heavy (non-hydrogen) atoms. The van der Waals surface area contributed by atoms with Crippen molar-refractivity contribution in [2.45, 2.75) is 6.42 Å². The molecular weight excluding hydrogens is 434 g/mol. The van der Waals surface area contributed by atoms with Gasteiger partial charge >= 0.3 is 0 Å². The Balaban J connectivity index is 1.51. The zero-order chi connectivity index (χ0) is 20.6. The lowest BCUT2D eigenvalue weighted by molar-refractivity contribution is -0.115. The van der Waals surface area contributed by atoms with E-state index in [2.05, 4.69) is 32.1 Å². The molecule has 0 aliphatic rings. The Morgan fingerprint density at radius 2 is 1.21 bits per heavy atom. The van der Waals surface area contributed by atoms with Gasteiger partial charge < -0.3 is 5.32 Å². The van der Waals surface area contributed by atoms with Gasteiger partial charge in [0.05, 0.1) is 6.42 Å². The molecule has 3 aromatic rings. The van der Waals surface area contributed by atoms with Crippen molar-refractivity contribution in [3.05, 3.63) is 100 Å². The van der Waals surface area contributed by atoms with E-state index < -0.39 is 11.8 Å². The topological polar surface area (TPSA) is 87.3 Å². The predicted octanol–water partition coefficient (Wildman–Crippen LogP) is 3.71. The predicted molar refractivity (Wildman–Crippen MR) is 114 cm³/mol. The average molecular weight is 452 g/mol. The van der Waals surface area contributed by atoms with Crippen LogP contribution in [0.5, 0.6) is 0 Å². The molecule has 0 bridgehead atoms. The summed E-state index contributed by atoms with van der Waals surface area (Å²) in [6.07, 6.45) is 0.269. The summed E-state index contributed by atoms with van der Waals surface area (Å²) in [4.78, 5) is 36.3. The SMILES string of the molecule is O=C(Cc1ccccc1)Nc1ccc(C(=O)NNC(=O)c2ccc(Br)cc2)cc1. The number of hydrogen-bond acceptors (Lipinski definition) is 3. The van der Waals surface area contributed by atoms with Gasteiger partial charge in [-0.3, -0.25) is 25.2 Å². The van der Waals surface area contributed by atoms with Gasteiger partial charge in [-0.15, -0.1) is 0 Å². The first-order chi connectivity index (χ1) is 14.0. The van der Waals surface area contributed by atoms with E-state index in [-0.39, 0.29) is 12.3 Å². The highest BCUT2D eigenvalue weighted by Gasteiger charge is 2.10. The summed E-state index contributed by atoms with van der Waals surface area (Å²) in [7, 11) is 0. The van der Waals surface area contributed by atoms with Crippen LogP contribution >= 0.6 is 15.9 Å². The van der Waals surface area contributed by atoms with Gasteiger partial charge in [0, 0.05) is 21.3 Å². The molecule has 6 nitrogen and oxygen atoms in total. The molecule has 3 aromatic carbocycles. The minimum atomic E-state index is -0.461. The lowest BCUT2D eigenvalue weighted by Gasteiger charge is -2.09. The van der Waals surface area contributed by atoms with Crippen LogP contribution in [0.2, 0.25) is 0 Å². The van der Waals surface area contributed by atoms with Crippen LogP contribution < -0.4 is 16.2 Å². The molecule has 0 fully saturated rings. The molecule has 3 N–H and O–H groups in total. The summed E-state index contributed by atoms with van der Waals surface area (Å²) in [6.45, 7) is 0. The monoisotopic (exact) mass is 451 g/mol. The molecule has 0 radical (unpaired) electrons. The number of hydrogen-bond donors (Lipinski definition) is 3. The van der Waals surface area contributed by atoms with Crippen LogP contribution in [0.25, 0.3) is 0 Å². The third-order valence-corrected chi connectivity index (χ3v) is 4.56. The van der Waals surface area contributed by atoms with E-state index in [1.807, 2.05) is 30.3 Å². The Hall–Kier alpha value is -3.45. The molecule has 0 spiro atoms. The zero-order valence-corrected chi connectivity index (χ0v) is 16.9. The minimum Gasteiger partial charge on any atom is -0.326 e. The molecule has 0 saturated carbocycles. The van der Waals surface area contributed by atoms with Crippen molar-refractivity contribution < 1.29 is 14.4 Å². The van der Waals surface area contributed by atoms with Gasteiger partial charge in [0.2, 0.25) is 5.91 Å². The second-order valence-electron chi connectivity index (χ2n) is 6.20. The second kappa shape index (κ2) is 9.66. The molecule has 0 aliphatic carbocycles. The minimum absolute atomic E-state index is 0.143. The standard InChI is InChI=1S/C22H18BrN3O3/c23-18-10-6-16(7-11-18)21(28)25-26-22(29)17-8-12-19(13-9-17)24-20(27)14-15-4-2-1-3-5-15/h1-13H,14H2,(H,24,27)(H,25,28)(H,26,29). The highest BCUT2D eigenvalue weighted by atomic mass is 79.9. The van der Waals surface area contributed by atoms with Gasteiger partial charge in [-0.1, -0.05) is 46.3 Å². The van der Waals surface area contributed by atoms with Crippen molar-refractivity contribution in [3.63, 3.8) is 0 Å². The summed E-state index contributed by atoms with van der Waals surface area (Å²) in [5.41, 5.74) is 7.01. The van der Waals surface area contributed by atoms with Gasteiger partial charge in [-0.2, -0.15) is 0 Å². The molecule has 0 unspecified atom stereocenters. The summed E-state index contributed by atoms with van der Waals surface area (Å²) >= 11 is 3.30. The smallest absolute Gasteiger partial charge is 0.269 e. The van der Waals surface area contributed by atoms with Crippen molar-refractivity contribution in [3.8, 4) is 0 Å². The van der Waals surface area contributed by atoms with E-state index in [1.165, 1.54) is 0 Å². The van der Waals surface area contributed by atoms with Gasteiger partial charge in [0.1, 0.15) is 0 Å². The molecule has 0 heterocycles. The van der Waals surface area contributed by atoms with E-state index in [4.69, 9.17) is 0 Å². The largest absolute Gasteiger partial charge is 0.326 e. The molecule has 0 aromatic heterocycles. The number of rotatable bonds is 5. The molecule has 7 heteroatoms. The average Bonchev–Trinajstić information content (AvgIpc) is 2.73. The van der Waals surface area contributed by atoms with Crippen molar-refractivity contribution in [1.29, 1.82) is 0 Å². The Morgan fingerprint density at radius 1 is 0.690 bits per heavy atom. The lowest BCUT2D eigenvalue weighted by Crippen LogP contribution is -2.41. The van der Waals surface area contributed by atoms with Gasteiger partial charge in [0.25, 0.3) is 11.8 Å². The van der Waals surface area contributed by atoms with Crippen LogP contribution in [0.3, 0.4) is 0 Å². The fourth-order valence-corrected chi connectivity index (χ4v) is 2.81. The maximum atomic E-state index is 12.2. The van der Waals surface area contributed by atoms with Crippen LogP contribution in [0.4, 0.5) is 5.69 Å². The number of benzene rings is 3.